The monoisotopic (exact) mass is 173 g/mol. The second-order valence-electron chi connectivity index (χ2n) is 2.01. The van der Waals surface area contributed by atoms with Gasteiger partial charge in [0, 0.05) is 6.20 Å². The zero-order valence-electron chi connectivity index (χ0n) is 5.77. The first-order valence-electron chi connectivity index (χ1n) is 2.94. The van der Waals surface area contributed by atoms with Crippen LogP contribution in [0.1, 0.15) is 17.3 Å². The zero-order chi connectivity index (χ0) is 8.43. The molecule has 0 amide bonds. The maximum Gasteiger partial charge on any atom is 0.225 e. The number of rotatable bonds is 1. The molecule has 0 spiro atoms. The first kappa shape index (κ1) is 8.14. The maximum absolute atomic E-state index is 12.7. The van der Waals surface area contributed by atoms with Crippen LogP contribution in [0.5, 0.6) is 0 Å². The second-order valence-corrected chi connectivity index (χ2v) is 2.42. The van der Waals surface area contributed by atoms with Gasteiger partial charge in [0.15, 0.2) is 5.78 Å². The fourth-order valence-electron chi connectivity index (χ4n) is 0.728. The highest BCUT2D eigenvalue weighted by Gasteiger charge is 2.11. The van der Waals surface area contributed by atoms with E-state index in [1.807, 2.05) is 0 Å². The van der Waals surface area contributed by atoms with Crippen molar-refractivity contribution in [3.05, 3.63) is 28.8 Å². The van der Waals surface area contributed by atoms with Gasteiger partial charge < -0.3 is 0 Å². The van der Waals surface area contributed by atoms with E-state index in [1.54, 1.807) is 0 Å². The van der Waals surface area contributed by atoms with Crippen LogP contribution in [0.3, 0.4) is 0 Å². The number of ketones is 1. The van der Waals surface area contributed by atoms with Crippen LogP contribution in [0, 0.1) is 5.95 Å². The summed E-state index contributed by atoms with van der Waals surface area (Å²) in [5.74, 6) is -1.23. The van der Waals surface area contributed by atoms with E-state index in [0.29, 0.717) is 0 Å². The minimum atomic E-state index is -0.815. The SMILES string of the molecule is CC(=O)c1c(Cl)ccnc1F. The first-order valence-corrected chi connectivity index (χ1v) is 3.31. The van der Waals surface area contributed by atoms with Crippen LogP contribution in [0.25, 0.3) is 0 Å². The van der Waals surface area contributed by atoms with Gasteiger partial charge in [-0.3, -0.25) is 4.79 Å². The minimum Gasteiger partial charge on any atom is -0.294 e. The number of hydrogen-bond acceptors (Lipinski definition) is 2. The summed E-state index contributed by atoms with van der Waals surface area (Å²) in [6, 6.07) is 1.38. The summed E-state index contributed by atoms with van der Waals surface area (Å²) in [4.78, 5) is 14.0. The highest BCUT2D eigenvalue weighted by Crippen LogP contribution is 2.16. The Morgan fingerprint density at radius 3 is 2.73 bits per heavy atom. The highest BCUT2D eigenvalue weighted by molar-refractivity contribution is 6.33. The number of carbonyl (C=O) groups is 1. The Morgan fingerprint density at radius 2 is 2.36 bits per heavy atom. The summed E-state index contributed by atoms with van der Waals surface area (Å²) in [7, 11) is 0. The van der Waals surface area contributed by atoms with E-state index in [0.717, 1.165) is 0 Å². The first-order chi connectivity index (χ1) is 5.13. The van der Waals surface area contributed by atoms with E-state index in [1.165, 1.54) is 19.2 Å². The van der Waals surface area contributed by atoms with Crippen molar-refractivity contribution in [3.63, 3.8) is 0 Å². The molecule has 0 aliphatic heterocycles. The molecule has 2 nitrogen and oxygen atoms in total. The predicted molar refractivity (Wildman–Crippen MR) is 39.2 cm³/mol. The standard InChI is InChI=1S/C7H5ClFNO/c1-4(11)6-5(8)2-3-10-7(6)9/h2-3H,1H3. The van der Waals surface area contributed by atoms with Crippen LogP contribution in [0.15, 0.2) is 12.3 Å². The van der Waals surface area contributed by atoms with E-state index < -0.39 is 11.7 Å². The molecule has 4 heteroatoms. The molecule has 0 radical (unpaired) electrons. The molecule has 0 saturated heterocycles. The van der Waals surface area contributed by atoms with E-state index in [4.69, 9.17) is 11.6 Å². The van der Waals surface area contributed by atoms with Crippen molar-refractivity contribution in [1.29, 1.82) is 0 Å². The molecule has 0 saturated carbocycles. The fraction of sp³-hybridized carbons (Fsp3) is 0.143. The number of nitrogens with zero attached hydrogens (tertiary/aromatic N) is 1. The topological polar surface area (TPSA) is 30.0 Å². The highest BCUT2D eigenvalue weighted by atomic mass is 35.5. The molecule has 1 heterocycles. The molecule has 0 aliphatic carbocycles. The Balaban J connectivity index is 3.32. The third kappa shape index (κ3) is 1.54. The average molecular weight is 174 g/mol. The van der Waals surface area contributed by atoms with Crippen LogP contribution in [-0.2, 0) is 0 Å². The Morgan fingerprint density at radius 1 is 1.73 bits per heavy atom. The lowest BCUT2D eigenvalue weighted by Crippen LogP contribution is -1.99. The van der Waals surface area contributed by atoms with Crippen molar-refractivity contribution < 1.29 is 9.18 Å². The lowest BCUT2D eigenvalue weighted by molar-refractivity contribution is 0.101. The average Bonchev–Trinajstić information content (AvgIpc) is 1.85. The molecule has 1 rings (SSSR count). The number of hydrogen-bond donors (Lipinski definition) is 0. The number of Topliss-reactive ketones (excluding diaryl/α,β-unsaturated/α-hetero) is 1. The lowest BCUT2D eigenvalue weighted by Gasteiger charge is -1.98. The largest absolute Gasteiger partial charge is 0.294 e. The normalized spacial score (nSPS) is 9.73. The van der Waals surface area contributed by atoms with Gasteiger partial charge in [0.2, 0.25) is 5.95 Å². The number of pyridine rings is 1. The Labute approximate surface area is 68.0 Å². The summed E-state index contributed by atoms with van der Waals surface area (Å²) >= 11 is 5.52. The van der Waals surface area contributed by atoms with Gasteiger partial charge in [-0.15, -0.1) is 0 Å². The quantitative estimate of drug-likeness (QED) is 0.481. The van der Waals surface area contributed by atoms with Crippen molar-refractivity contribution >= 4 is 17.4 Å². The molecule has 0 aliphatic rings. The van der Waals surface area contributed by atoms with Gasteiger partial charge in [-0.1, -0.05) is 11.6 Å². The van der Waals surface area contributed by atoms with E-state index >= 15 is 0 Å². The predicted octanol–water partition coefficient (Wildman–Crippen LogP) is 2.08. The molecule has 0 atom stereocenters. The van der Waals surface area contributed by atoms with Crippen LogP contribution < -0.4 is 0 Å². The number of carbonyl (C=O) groups excluding carboxylic acids is 1. The van der Waals surface area contributed by atoms with Gasteiger partial charge in [0.05, 0.1) is 10.6 Å². The molecule has 0 N–H and O–H groups in total. The summed E-state index contributed by atoms with van der Waals surface area (Å²) < 4.78 is 12.7. The molecule has 1 aromatic rings. The van der Waals surface area contributed by atoms with Crippen molar-refractivity contribution in [2.75, 3.05) is 0 Å². The summed E-state index contributed by atoms with van der Waals surface area (Å²) in [6.45, 7) is 1.24. The number of aromatic nitrogens is 1. The van der Waals surface area contributed by atoms with Gasteiger partial charge in [-0.25, -0.2) is 4.98 Å². The maximum atomic E-state index is 12.7. The Hall–Kier alpha value is -0.960. The van der Waals surface area contributed by atoms with Crippen LogP contribution in [0.2, 0.25) is 5.02 Å². The molecule has 0 fully saturated rings. The summed E-state index contributed by atoms with van der Waals surface area (Å²) in [5, 5.41) is 0.102. The van der Waals surface area contributed by atoms with Gasteiger partial charge in [0.25, 0.3) is 0 Å². The van der Waals surface area contributed by atoms with Crippen LogP contribution in [0.4, 0.5) is 4.39 Å². The van der Waals surface area contributed by atoms with E-state index in [9.17, 15) is 9.18 Å². The molecule has 58 valence electrons. The van der Waals surface area contributed by atoms with Crippen molar-refractivity contribution in [3.8, 4) is 0 Å². The molecular formula is C7H5ClFNO. The third-order valence-electron chi connectivity index (χ3n) is 1.21. The summed E-state index contributed by atoms with van der Waals surface area (Å²) in [5.41, 5.74) is -0.144. The zero-order valence-corrected chi connectivity index (χ0v) is 6.52. The molecule has 11 heavy (non-hydrogen) atoms. The third-order valence-corrected chi connectivity index (χ3v) is 1.52. The van der Waals surface area contributed by atoms with Crippen molar-refractivity contribution in [2.45, 2.75) is 6.92 Å². The Kier molecular flexibility index (Phi) is 2.19. The van der Waals surface area contributed by atoms with Crippen LogP contribution in [-0.4, -0.2) is 10.8 Å². The second kappa shape index (κ2) is 2.96. The molecule has 0 unspecified atom stereocenters. The van der Waals surface area contributed by atoms with Gasteiger partial charge in [-0.2, -0.15) is 4.39 Å². The fourth-order valence-corrected chi connectivity index (χ4v) is 0.995. The van der Waals surface area contributed by atoms with Crippen molar-refractivity contribution in [1.82, 2.24) is 4.98 Å². The molecule has 0 bridgehead atoms. The van der Waals surface area contributed by atoms with E-state index in [-0.39, 0.29) is 10.6 Å². The van der Waals surface area contributed by atoms with Gasteiger partial charge in [0.1, 0.15) is 0 Å². The molecular weight excluding hydrogens is 169 g/mol. The van der Waals surface area contributed by atoms with Gasteiger partial charge in [-0.05, 0) is 13.0 Å². The lowest BCUT2D eigenvalue weighted by atomic mass is 10.2. The summed E-state index contributed by atoms with van der Waals surface area (Å²) in [6.07, 6.45) is 1.21. The van der Waals surface area contributed by atoms with Crippen molar-refractivity contribution in [2.24, 2.45) is 0 Å². The number of halogens is 2. The van der Waals surface area contributed by atoms with Gasteiger partial charge >= 0.3 is 0 Å². The minimum absolute atomic E-state index is 0.102. The van der Waals surface area contributed by atoms with E-state index in [2.05, 4.69) is 4.98 Å². The Bertz CT molecular complexity index is 280. The van der Waals surface area contributed by atoms with Crippen LogP contribution >= 0.6 is 11.6 Å². The molecule has 1 aromatic heterocycles. The smallest absolute Gasteiger partial charge is 0.225 e. The molecule has 0 aromatic carbocycles.